The lowest BCUT2D eigenvalue weighted by Gasteiger charge is -2.52. The Morgan fingerprint density at radius 2 is 2.15 bits per heavy atom. The van der Waals surface area contributed by atoms with Crippen LogP contribution in [0.2, 0.25) is 0 Å². The molecule has 6 heteroatoms. The first-order valence-corrected chi connectivity index (χ1v) is 10.4. The number of thioether (sulfide) groups is 1. The highest BCUT2D eigenvalue weighted by Gasteiger charge is 2.49. The molecule has 0 amide bonds. The van der Waals surface area contributed by atoms with Crippen LogP contribution in [0.1, 0.15) is 31.9 Å². The molecule has 4 nitrogen and oxygen atoms in total. The zero-order valence-corrected chi connectivity index (χ0v) is 16.7. The minimum atomic E-state index is -0.565. The number of anilines is 1. The van der Waals surface area contributed by atoms with Crippen LogP contribution in [0.15, 0.2) is 47.4 Å². The molecule has 2 bridgehead atoms. The molecule has 0 aromatic heterocycles. The van der Waals surface area contributed by atoms with Gasteiger partial charge in [-0.25, -0.2) is 0 Å². The molecular weight excluding hydrogens is 364 g/mol. The Labute approximate surface area is 163 Å². The molecular formula is C20H22N2O2S2. The number of rotatable bonds is 4. The summed E-state index contributed by atoms with van der Waals surface area (Å²) in [7, 11) is 0. The van der Waals surface area contributed by atoms with Gasteiger partial charge in [-0.15, -0.1) is 11.8 Å². The molecule has 2 aromatic rings. The van der Waals surface area contributed by atoms with Gasteiger partial charge in [-0.3, -0.25) is 4.90 Å². The molecule has 0 radical (unpaired) electrons. The van der Waals surface area contributed by atoms with Gasteiger partial charge in [0.25, 0.3) is 0 Å². The molecule has 2 aliphatic heterocycles. The van der Waals surface area contributed by atoms with Crippen molar-refractivity contribution >= 4 is 34.8 Å². The van der Waals surface area contributed by atoms with Gasteiger partial charge < -0.3 is 14.8 Å². The van der Waals surface area contributed by atoms with E-state index < -0.39 is 5.72 Å². The van der Waals surface area contributed by atoms with E-state index >= 15 is 0 Å². The molecule has 2 heterocycles. The Morgan fingerprint density at radius 3 is 2.92 bits per heavy atom. The Bertz CT molecular complexity index is 857. The van der Waals surface area contributed by atoms with Crippen LogP contribution < -0.4 is 19.7 Å². The standard InChI is InChI=1S/C20H22N2O2S2/c1-4-23-17-10-6-9-15-16-12-20(2,24-18(15)17)22(19(25)21-16)13-7-5-8-14(11-13)26-3/h5-11,16H,4,12H2,1-3H3,(H,21,25)/t16-,20+/m1/s1. The van der Waals surface area contributed by atoms with Gasteiger partial charge in [-0.2, -0.15) is 0 Å². The number of hydrogen-bond acceptors (Lipinski definition) is 4. The van der Waals surface area contributed by atoms with Crippen molar-refractivity contribution in [3.05, 3.63) is 48.0 Å². The predicted molar refractivity (Wildman–Crippen MR) is 110 cm³/mol. The second kappa shape index (κ2) is 6.67. The molecule has 2 aliphatic rings. The van der Waals surface area contributed by atoms with E-state index in [1.807, 2.05) is 19.1 Å². The van der Waals surface area contributed by atoms with E-state index in [4.69, 9.17) is 21.7 Å². The van der Waals surface area contributed by atoms with Crippen LogP contribution in [0.25, 0.3) is 0 Å². The van der Waals surface area contributed by atoms with E-state index in [0.717, 1.165) is 29.2 Å². The number of thiocarbonyl (C=S) groups is 1. The van der Waals surface area contributed by atoms with Crippen LogP contribution in [0.4, 0.5) is 5.69 Å². The van der Waals surface area contributed by atoms with Gasteiger partial charge in [0, 0.05) is 22.6 Å². The fraction of sp³-hybridized carbons (Fsp3) is 0.350. The molecule has 136 valence electrons. The SMILES string of the molecule is CCOc1cccc2c1O[C@@]1(C)C[C@H]2NC(=S)N1c1cccc(SC)c1. The van der Waals surface area contributed by atoms with Crippen LogP contribution in [0.5, 0.6) is 11.5 Å². The Kier molecular flexibility index (Phi) is 4.49. The highest BCUT2D eigenvalue weighted by molar-refractivity contribution is 7.98. The third-order valence-electron chi connectivity index (χ3n) is 4.87. The summed E-state index contributed by atoms with van der Waals surface area (Å²) in [5, 5.41) is 4.19. The highest BCUT2D eigenvalue weighted by atomic mass is 32.2. The van der Waals surface area contributed by atoms with Crippen LogP contribution in [-0.2, 0) is 0 Å². The molecule has 1 N–H and O–H groups in total. The molecule has 1 fully saturated rings. The molecule has 1 saturated heterocycles. The number of ether oxygens (including phenoxy) is 2. The zero-order chi connectivity index (χ0) is 18.3. The molecule has 2 aromatic carbocycles. The third kappa shape index (κ3) is 2.81. The highest BCUT2D eigenvalue weighted by Crippen LogP contribution is 2.49. The Balaban J connectivity index is 1.79. The van der Waals surface area contributed by atoms with Crippen molar-refractivity contribution in [2.24, 2.45) is 0 Å². The lowest BCUT2D eigenvalue weighted by atomic mass is 9.90. The van der Waals surface area contributed by atoms with Crippen LogP contribution in [0, 0.1) is 0 Å². The van der Waals surface area contributed by atoms with E-state index in [9.17, 15) is 0 Å². The maximum atomic E-state index is 6.55. The Hall–Kier alpha value is -1.92. The number of hydrogen-bond donors (Lipinski definition) is 1. The van der Waals surface area contributed by atoms with E-state index in [0.29, 0.717) is 11.7 Å². The second-order valence-corrected chi connectivity index (χ2v) is 7.89. The van der Waals surface area contributed by atoms with Crippen molar-refractivity contribution in [2.75, 3.05) is 17.8 Å². The monoisotopic (exact) mass is 386 g/mol. The summed E-state index contributed by atoms with van der Waals surface area (Å²) >= 11 is 7.44. The van der Waals surface area contributed by atoms with E-state index in [-0.39, 0.29) is 6.04 Å². The average Bonchev–Trinajstić information content (AvgIpc) is 2.62. The molecule has 0 saturated carbocycles. The zero-order valence-electron chi connectivity index (χ0n) is 15.1. The number of nitrogens with zero attached hydrogens (tertiary/aromatic N) is 1. The minimum Gasteiger partial charge on any atom is -0.490 e. The van der Waals surface area contributed by atoms with Gasteiger partial charge in [0.15, 0.2) is 22.3 Å². The summed E-state index contributed by atoms with van der Waals surface area (Å²) in [4.78, 5) is 3.28. The molecule has 26 heavy (non-hydrogen) atoms. The van der Waals surface area contributed by atoms with Crippen molar-refractivity contribution < 1.29 is 9.47 Å². The van der Waals surface area contributed by atoms with Crippen LogP contribution in [-0.4, -0.2) is 23.7 Å². The van der Waals surface area contributed by atoms with Gasteiger partial charge in [-0.05, 0) is 56.6 Å². The first-order chi connectivity index (χ1) is 12.6. The predicted octanol–water partition coefficient (Wildman–Crippen LogP) is 4.74. The lowest BCUT2D eigenvalue weighted by Crippen LogP contribution is -2.65. The maximum absolute atomic E-state index is 6.55. The number of benzene rings is 2. The van der Waals surface area contributed by atoms with E-state index in [1.54, 1.807) is 11.8 Å². The van der Waals surface area contributed by atoms with Gasteiger partial charge in [0.05, 0.1) is 12.6 Å². The second-order valence-electron chi connectivity index (χ2n) is 6.63. The van der Waals surface area contributed by atoms with Crippen molar-refractivity contribution in [2.45, 2.75) is 36.9 Å². The first kappa shape index (κ1) is 17.5. The topological polar surface area (TPSA) is 33.7 Å². The first-order valence-electron chi connectivity index (χ1n) is 8.75. The quantitative estimate of drug-likeness (QED) is 0.604. The summed E-state index contributed by atoms with van der Waals surface area (Å²) < 4.78 is 12.4. The molecule has 2 atom stereocenters. The van der Waals surface area contributed by atoms with E-state index in [2.05, 4.69) is 53.7 Å². The number of nitrogens with one attached hydrogen (secondary N) is 1. The van der Waals surface area contributed by atoms with Gasteiger partial charge in [0.2, 0.25) is 0 Å². The van der Waals surface area contributed by atoms with Crippen molar-refractivity contribution in [3.63, 3.8) is 0 Å². The molecule has 0 spiro atoms. The smallest absolute Gasteiger partial charge is 0.188 e. The Morgan fingerprint density at radius 1 is 1.35 bits per heavy atom. The lowest BCUT2D eigenvalue weighted by molar-refractivity contribution is 0.0457. The van der Waals surface area contributed by atoms with E-state index in [1.165, 1.54) is 4.90 Å². The normalized spacial score (nSPS) is 23.7. The number of fused-ring (bicyclic) bond motifs is 4. The van der Waals surface area contributed by atoms with Crippen molar-refractivity contribution in [3.8, 4) is 11.5 Å². The molecule has 0 aliphatic carbocycles. The number of para-hydroxylation sites is 1. The summed E-state index contributed by atoms with van der Waals surface area (Å²) in [6.45, 7) is 4.69. The summed E-state index contributed by atoms with van der Waals surface area (Å²) in [5.41, 5.74) is 1.57. The largest absolute Gasteiger partial charge is 0.490 e. The maximum Gasteiger partial charge on any atom is 0.188 e. The summed E-state index contributed by atoms with van der Waals surface area (Å²) in [6, 6.07) is 14.6. The van der Waals surface area contributed by atoms with Crippen LogP contribution >= 0.6 is 24.0 Å². The third-order valence-corrected chi connectivity index (χ3v) is 5.90. The summed E-state index contributed by atoms with van der Waals surface area (Å²) in [6.07, 6.45) is 2.88. The minimum absolute atomic E-state index is 0.122. The van der Waals surface area contributed by atoms with Crippen molar-refractivity contribution in [1.29, 1.82) is 0 Å². The van der Waals surface area contributed by atoms with Crippen molar-refractivity contribution in [1.82, 2.24) is 5.32 Å². The van der Waals surface area contributed by atoms with Crippen LogP contribution in [0.3, 0.4) is 0 Å². The summed E-state index contributed by atoms with van der Waals surface area (Å²) in [5.74, 6) is 1.60. The fourth-order valence-corrected chi connectivity index (χ4v) is 4.66. The molecule has 0 unspecified atom stereocenters. The fourth-order valence-electron chi connectivity index (χ4n) is 3.77. The van der Waals surface area contributed by atoms with Gasteiger partial charge in [0.1, 0.15) is 0 Å². The van der Waals surface area contributed by atoms with Gasteiger partial charge in [-0.1, -0.05) is 18.2 Å². The van der Waals surface area contributed by atoms with Gasteiger partial charge >= 0.3 is 0 Å². The molecule has 4 rings (SSSR count). The average molecular weight is 387 g/mol.